The number of piperidine rings is 1. The first-order valence-electron chi connectivity index (χ1n) is 7.20. The van der Waals surface area contributed by atoms with Gasteiger partial charge < -0.3 is 5.32 Å². The van der Waals surface area contributed by atoms with Crippen LogP contribution in [0.5, 0.6) is 0 Å². The van der Waals surface area contributed by atoms with Crippen molar-refractivity contribution < 1.29 is 4.79 Å². The number of halogens is 1. The van der Waals surface area contributed by atoms with Crippen molar-refractivity contribution in [3.63, 3.8) is 0 Å². The third-order valence-corrected chi connectivity index (χ3v) is 4.21. The maximum Gasteiger partial charge on any atom is 0.182 e. The molecule has 19 heavy (non-hydrogen) atoms. The molecule has 2 heterocycles. The van der Waals surface area contributed by atoms with Gasteiger partial charge in [-0.3, -0.25) is 9.48 Å². The van der Waals surface area contributed by atoms with Gasteiger partial charge in [-0.05, 0) is 48.2 Å². The van der Waals surface area contributed by atoms with E-state index in [9.17, 15) is 4.79 Å². The van der Waals surface area contributed by atoms with Gasteiger partial charge in [-0.1, -0.05) is 13.3 Å². The number of carbonyl (C=O) groups is 1. The normalized spacial score (nSPS) is 19.6. The number of carbonyl (C=O) groups excluding carboxylic acids is 1. The Labute approximate surface area is 123 Å². The summed E-state index contributed by atoms with van der Waals surface area (Å²) in [5.41, 5.74) is 0.734. The van der Waals surface area contributed by atoms with Crippen LogP contribution in [0.3, 0.4) is 0 Å². The summed E-state index contributed by atoms with van der Waals surface area (Å²) in [6, 6.07) is 0.513. The van der Waals surface area contributed by atoms with E-state index in [1.54, 1.807) is 6.20 Å². The number of nitrogens with zero attached hydrogens (tertiary/aromatic N) is 2. The van der Waals surface area contributed by atoms with Crippen LogP contribution in [-0.4, -0.2) is 28.2 Å². The molecule has 0 saturated carbocycles. The summed E-state index contributed by atoms with van der Waals surface area (Å²) in [5.74, 6) is 0.199. The average molecular weight is 328 g/mol. The third kappa shape index (κ3) is 3.89. The van der Waals surface area contributed by atoms with Crippen molar-refractivity contribution in [3.05, 3.63) is 16.4 Å². The number of aryl methyl sites for hydroxylation is 1. The van der Waals surface area contributed by atoms with Gasteiger partial charge in [0, 0.05) is 19.0 Å². The van der Waals surface area contributed by atoms with E-state index in [1.165, 1.54) is 19.3 Å². The minimum Gasteiger partial charge on any atom is -0.314 e. The Morgan fingerprint density at radius 1 is 1.58 bits per heavy atom. The highest BCUT2D eigenvalue weighted by Crippen LogP contribution is 2.20. The van der Waals surface area contributed by atoms with Gasteiger partial charge in [0.2, 0.25) is 0 Å². The van der Waals surface area contributed by atoms with Crippen LogP contribution in [-0.2, 0) is 6.54 Å². The lowest BCUT2D eigenvalue weighted by Gasteiger charge is -2.23. The van der Waals surface area contributed by atoms with Gasteiger partial charge in [-0.2, -0.15) is 5.10 Å². The van der Waals surface area contributed by atoms with E-state index in [-0.39, 0.29) is 5.78 Å². The number of hydrogen-bond donors (Lipinski definition) is 1. The summed E-state index contributed by atoms with van der Waals surface area (Å²) in [7, 11) is 0. The van der Waals surface area contributed by atoms with Crippen LogP contribution >= 0.6 is 15.9 Å². The molecule has 1 unspecified atom stereocenters. The Balaban J connectivity index is 1.93. The van der Waals surface area contributed by atoms with Gasteiger partial charge in [0.05, 0.1) is 10.7 Å². The smallest absolute Gasteiger partial charge is 0.182 e. The van der Waals surface area contributed by atoms with Gasteiger partial charge in [0.15, 0.2) is 5.78 Å². The molecule has 0 amide bonds. The standard InChI is InChI=1S/C14H22BrN3O/c1-2-9-18-14(12(15)10-17-18)13(19)7-6-11-5-3-4-8-16-11/h10-11,16H,2-9H2,1H3. The Bertz CT molecular complexity index is 424. The molecule has 1 aliphatic heterocycles. The predicted molar refractivity (Wildman–Crippen MR) is 79.4 cm³/mol. The number of hydrogen-bond acceptors (Lipinski definition) is 3. The maximum absolute atomic E-state index is 12.3. The second-order valence-corrected chi connectivity index (χ2v) is 6.03. The van der Waals surface area contributed by atoms with E-state index in [1.807, 2.05) is 4.68 Å². The summed E-state index contributed by atoms with van der Waals surface area (Å²) in [6.45, 7) is 3.99. The molecule has 0 aliphatic carbocycles. The summed E-state index contributed by atoms with van der Waals surface area (Å²) in [6.07, 6.45) is 7.99. The summed E-state index contributed by atoms with van der Waals surface area (Å²) in [5, 5.41) is 7.74. The van der Waals surface area contributed by atoms with E-state index in [0.29, 0.717) is 12.5 Å². The Morgan fingerprint density at radius 2 is 2.42 bits per heavy atom. The van der Waals surface area contributed by atoms with Gasteiger partial charge in [-0.15, -0.1) is 0 Å². The third-order valence-electron chi connectivity index (χ3n) is 3.63. The monoisotopic (exact) mass is 327 g/mol. The van der Waals surface area contributed by atoms with Crippen LogP contribution in [0, 0.1) is 0 Å². The zero-order valence-corrected chi connectivity index (χ0v) is 13.1. The number of rotatable bonds is 6. The minimum absolute atomic E-state index is 0.199. The quantitative estimate of drug-likeness (QED) is 0.816. The number of aromatic nitrogens is 2. The predicted octanol–water partition coefficient (Wildman–Crippen LogP) is 3.16. The van der Waals surface area contributed by atoms with Crippen LogP contribution in [0.4, 0.5) is 0 Å². The van der Waals surface area contributed by atoms with E-state index in [4.69, 9.17) is 0 Å². The lowest BCUT2D eigenvalue weighted by Crippen LogP contribution is -2.34. The molecule has 1 aromatic heterocycles. The molecule has 0 radical (unpaired) electrons. The fourth-order valence-electron chi connectivity index (χ4n) is 2.62. The van der Waals surface area contributed by atoms with Crippen molar-refractivity contribution >= 4 is 21.7 Å². The molecule has 0 aromatic carbocycles. The highest BCUT2D eigenvalue weighted by atomic mass is 79.9. The summed E-state index contributed by atoms with van der Waals surface area (Å²) >= 11 is 3.43. The highest BCUT2D eigenvalue weighted by Gasteiger charge is 2.19. The van der Waals surface area contributed by atoms with E-state index >= 15 is 0 Å². The molecule has 0 bridgehead atoms. The molecule has 1 N–H and O–H groups in total. The SMILES string of the molecule is CCCn1ncc(Br)c1C(=O)CCC1CCCCN1. The molecule has 5 heteroatoms. The van der Waals surface area contributed by atoms with E-state index in [2.05, 4.69) is 33.3 Å². The molecule has 1 aliphatic rings. The van der Waals surface area contributed by atoms with Crippen molar-refractivity contribution in [2.24, 2.45) is 0 Å². The molecule has 106 valence electrons. The van der Waals surface area contributed by atoms with Crippen molar-refractivity contribution in [2.75, 3.05) is 6.54 Å². The van der Waals surface area contributed by atoms with Crippen LogP contribution < -0.4 is 5.32 Å². The molecule has 1 aromatic rings. The van der Waals surface area contributed by atoms with Crippen LogP contribution in [0.1, 0.15) is 55.9 Å². The first-order valence-corrected chi connectivity index (χ1v) is 7.99. The summed E-state index contributed by atoms with van der Waals surface area (Å²) < 4.78 is 2.64. The van der Waals surface area contributed by atoms with Gasteiger partial charge in [0.25, 0.3) is 0 Å². The van der Waals surface area contributed by atoms with E-state index in [0.717, 1.165) is 36.1 Å². The Morgan fingerprint density at radius 3 is 3.11 bits per heavy atom. The fourth-order valence-corrected chi connectivity index (χ4v) is 3.13. The molecule has 1 saturated heterocycles. The van der Waals surface area contributed by atoms with E-state index < -0.39 is 0 Å². The zero-order chi connectivity index (χ0) is 13.7. The second kappa shape index (κ2) is 7.20. The Hall–Kier alpha value is -0.680. The first-order chi connectivity index (χ1) is 9.22. The number of Topliss-reactive ketones (excluding diaryl/α,β-unsaturated/α-hetero) is 1. The first kappa shape index (κ1) is 14.7. The topological polar surface area (TPSA) is 46.9 Å². The van der Waals surface area contributed by atoms with Crippen molar-refractivity contribution in [2.45, 2.75) is 58.0 Å². The molecule has 4 nitrogen and oxygen atoms in total. The second-order valence-electron chi connectivity index (χ2n) is 5.17. The average Bonchev–Trinajstić information content (AvgIpc) is 2.79. The minimum atomic E-state index is 0.199. The zero-order valence-electron chi connectivity index (χ0n) is 11.5. The lowest BCUT2D eigenvalue weighted by molar-refractivity contribution is 0.0962. The lowest BCUT2D eigenvalue weighted by atomic mass is 9.99. The molecule has 0 spiro atoms. The van der Waals surface area contributed by atoms with Gasteiger partial charge in [0.1, 0.15) is 5.69 Å². The Kier molecular flexibility index (Phi) is 5.58. The molecular formula is C14H22BrN3O. The van der Waals surface area contributed by atoms with Crippen LogP contribution in [0.15, 0.2) is 10.7 Å². The number of nitrogens with one attached hydrogen (secondary N) is 1. The van der Waals surface area contributed by atoms with Crippen LogP contribution in [0.2, 0.25) is 0 Å². The summed E-state index contributed by atoms with van der Waals surface area (Å²) in [4.78, 5) is 12.3. The fraction of sp³-hybridized carbons (Fsp3) is 0.714. The molecule has 1 atom stereocenters. The highest BCUT2D eigenvalue weighted by molar-refractivity contribution is 9.10. The largest absolute Gasteiger partial charge is 0.314 e. The van der Waals surface area contributed by atoms with Gasteiger partial charge in [-0.25, -0.2) is 0 Å². The van der Waals surface area contributed by atoms with Crippen molar-refractivity contribution in [3.8, 4) is 0 Å². The molecule has 1 fully saturated rings. The van der Waals surface area contributed by atoms with Gasteiger partial charge >= 0.3 is 0 Å². The van der Waals surface area contributed by atoms with Crippen molar-refractivity contribution in [1.82, 2.24) is 15.1 Å². The maximum atomic E-state index is 12.3. The van der Waals surface area contributed by atoms with Crippen molar-refractivity contribution in [1.29, 1.82) is 0 Å². The molecule has 2 rings (SSSR count). The van der Waals surface area contributed by atoms with Crippen LogP contribution in [0.25, 0.3) is 0 Å². The number of ketones is 1. The molecular weight excluding hydrogens is 306 g/mol.